The number of carbonyl (C=O) groups excluding carboxylic acids is 1. The van der Waals surface area contributed by atoms with Gasteiger partial charge < -0.3 is 0 Å². The maximum absolute atomic E-state index is 13.9. The normalized spacial score (nSPS) is 14.6. The summed E-state index contributed by atoms with van der Waals surface area (Å²) < 4.78 is 40.6. The van der Waals surface area contributed by atoms with Crippen molar-refractivity contribution >= 4 is 32.4 Å². The molecular formula is C14H15FN4O3S2. The summed E-state index contributed by atoms with van der Waals surface area (Å²) >= 11 is 1.23. The highest BCUT2D eigenvalue weighted by Gasteiger charge is 2.30. The lowest BCUT2D eigenvalue weighted by atomic mass is 10.2. The lowest BCUT2D eigenvalue weighted by molar-refractivity contribution is 0.102. The highest BCUT2D eigenvalue weighted by molar-refractivity contribution is 7.89. The van der Waals surface area contributed by atoms with Gasteiger partial charge in [0.1, 0.15) is 15.7 Å². The lowest BCUT2D eigenvalue weighted by Crippen LogP contribution is -2.27. The molecule has 0 saturated heterocycles. The molecule has 0 atom stereocenters. The molecule has 3 rings (SSSR count). The van der Waals surface area contributed by atoms with Crippen LogP contribution in [0.4, 0.5) is 9.52 Å². The fourth-order valence-electron chi connectivity index (χ4n) is 1.95. The van der Waals surface area contributed by atoms with Crippen molar-refractivity contribution in [3.8, 4) is 0 Å². The van der Waals surface area contributed by atoms with Gasteiger partial charge in [0, 0.05) is 11.6 Å². The van der Waals surface area contributed by atoms with Crippen molar-refractivity contribution in [1.29, 1.82) is 0 Å². The maximum Gasteiger partial charge on any atom is 0.257 e. The van der Waals surface area contributed by atoms with E-state index < -0.39 is 26.6 Å². The zero-order valence-corrected chi connectivity index (χ0v) is 14.4. The first kappa shape index (κ1) is 16.9. The van der Waals surface area contributed by atoms with Gasteiger partial charge in [-0.1, -0.05) is 18.3 Å². The summed E-state index contributed by atoms with van der Waals surface area (Å²) in [6.45, 7) is 1.91. The van der Waals surface area contributed by atoms with Crippen LogP contribution in [0.1, 0.15) is 35.1 Å². The van der Waals surface area contributed by atoms with Crippen molar-refractivity contribution in [1.82, 2.24) is 14.9 Å². The number of benzene rings is 1. The van der Waals surface area contributed by atoms with E-state index in [0.717, 1.165) is 30.0 Å². The van der Waals surface area contributed by atoms with Crippen LogP contribution in [0, 0.1) is 5.82 Å². The van der Waals surface area contributed by atoms with Gasteiger partial charge in [-0.3, -0.25) is 10.1 Å². The van der Waals surface area contributed by atoms with E-state index in [0.29, 0.717) is 11.6 Å². The van der Waals surface area contributed by atoms with Gasteiger partial charge in [-0.05, 0) is 37.5 Å². The van der Waals surface area contributed by atoms with Gasteiger partial charge in [-0.25, -0.2) is 17.5 Å². The van der Waals surface area contributed by atoms with Gasteiger partial charge in [0.15, 0.2) is 0 Å². The van der Waals surface area contributed by atoms with E-state index in [4.69, 9.17) is 0 Å². The third kappa shape index (κ3) is 3.77. The molecule has 1 fully saturated rings. The first-order chi connectivity index (χ1) is 11.4. The van der Waals surface area contributed by atoms with E-state index in [-0.39, 0.29) is 11.6 Å². The Balaban J connectivity index is 1.83. The molecule has 128 valence electrons. The molecule has 1 amide bonds. The molecule has 0 aliphatic heterocycles. The zero-order chi connectivity index (χ0) is 17.3. The van der Waals surface area contributed by atoms with Crippen LogP contribution in [0.3, 0.4) is 0 Å². The highest BCUT2D eigenvalue weighted by atomic mass is 32.2. The number of hydrogen-bond acceptors (Lipinski definition) is 6. The van der Waals surface area contributed by atoms with Crippen LogP contribution in [0.15, 0.2) is 23.1 Å². The fraction of sp³-hybridized carbons (Fsp3) is 0.357. The molecule has 2 aromatic rings. The number of hydrogen-bond donors (Lipinski definition) is 2. The molecule has 0 radical (unpaired) electrons. The smallest absolute Gasteiger partial charge is 0.257 e. The highest BCUT2D eigenvalue weighted by Crippen LogP contribution is 2.24. The molecule has 1 aliphatic carbocycles. The third-order valence-corrected chi connectivity index (χ3v) is 5.89. The molecule has 7 nitrogen and oxygen atoms in total. The molecule has 1 heterocycles. The minimum atomic E-state index is -3.99. The van der Waals surface area contributed by atoms with Gasteiger partial charge in [0.25, 0.3) is 5.91 Å². The average Bonchev–Trinajstić information content (AvgIpc) is 3.22. The molecule has 10 heteroatoms. The number of halogens is 1. The largest absolute Gasteiger partial charge is 0.296 e. The van der Waals surface area contributed by atoms with Gasteiger partial charge in [0.2, 0.25) is 15.2 Å². The van der Waals surface area contributed by atoms with Crippen LogP contribution < -0.4 is 10.0 Å². The van der Waals surface area contributed by atoms with Crippen molar-refractivity contribution in [3.05, 3.63) is 34.6 Å². The van der Waals surface area contributed by atoms with E-state index in [1.807, 2.05) is 6.92 Å². The van der Waals surface area contributed by atoms with Crippen molar-refractivity contribution in [3.63, 3.8) is 0 Å². The predicted octanol–water partition coefficient (Wildman–Crippen LogP) is 1.93. The Morgan fingerprint density at radius 2 is 2.12 bits per heavy atom. The van der Waals surface area contributed by atoms with E-state index in [1.54, 1.807) is 0 Å². The number of anilines is 1. The van der Waals surface area contributed by atoms with Crippen molar-refractivity contribution in [2.24, 2.45) is 0 Å². The van der Waals surface area contributed by atoms with Gasteiger partial charge in [-0.15, -0.1) is 10.2 Å². The van der Waals surface area contributed by atoms with Crippen LogP contribution in [-0.2, 0) is 16.4 Å². The minimum absolute atomic E-state index is 0.0285. The summed E-state index contributed by atoms with van der Waals surface area (Å²) in [4.78, 5) is 11.7. The number of nitrogens with zero attached hydrogens (tertiary/aromatic N) is 2. The molecule has 1 aromatic heterocycles. The minimum Gasteiger partial charge on any atom is -0.296 e. The van der Waals surface area contributed by atoms with Crippen LogP contribution in [0.5, 0.6) is 0 Å². The summed E-state index contributed by atoms with van der Waals surface area (Å²) in [5.74, 6) is -1.47. The van der Waals surface area contributed by atoms with Gasteiger partial charge in [-0.2, -0.15) is 0 Å². The Kier molecular flexibility index (Phi) is 4.61. The zero-order valence-electron chi connectivity index (χ0n) is 12.7. The summed E-state index contributed by atoms with van der Waals surface area (Å²) in [6.07, 6.45) is 2.16. The Labute approximate surface area is 142 Å². The predicted molar refractivity (Wildman–Crippen MR) is 87.0 cm³/mol. The molecule has 2 N–H and O–H groups in total. The van der Waals surface area contributed by atoms with Crippen LogP contribution in [0.2, 0.25) is 0 Å². The molecular weight excluding hydrogens is 355 g/mol. The SMILES string of the molecule is CCc1nnc(NC(=O)c2ccc(F)c(S(=O)(=O)NC3CC3)c2)s1. The second kappa shape index (κ2) is 6.54. The fourth-order valence-corrected chi connectivity index (χ4v) is 4.03. The summed E-state index contributed by atoms with van der Waals surface area (Å²) in [6, 6.07) is 3.06. The molecule has 1 aliphatic rings. The Morgan fingerprint density at radius 1 is 1.38 bits per heavy atom. The van der Waals surface area contributed by atoms with Gasteiger partial charge >= 0.3 is 0 Å². The number of aromatic nitrogens is 2. The molecule has 0 spiro atoms. The van der Waals surface area contributed by atoms with Gasteiger partial charge in [0.05, 0.1) is 0 Å². The number of carbonyl (C=O) groups is 1. The van der Waals surface area contributed by atoms with E-state index in [2.05, 4.69) is 20.2 Å². The summed E-state index contributed by atoms with van der Waals surface area (Å²) in [7, 11) is -3.99. The van der Waals surface area contributed by atoms with Crippen LogP contribution in [0.25, 0.3) is 0 Å². The van der Waals surface area contributed by atoms with E-state index in [1.165, 1.54) is 17.4 Å². The molecule has 24 heavy (non-hydrogen) atoms. The number of sulfonamides is 1. The average molecular weight is 370 g/mol. The molecule has 1 aromatic carbocycles. The monoisotopic (exact) mass is 370 g/mol. The van der Waals surface area contributed by atoms with Crippen LogP contribution in [-0.4, -0.2) is 30.6 Å². The molecule has 1 saturated carbocycles. The second-order valence-corrected chi connectivity index (χ2v) is 8.09. The topological polar surface area (TPSA) is 101 Å². The Morgan fingerprint density at radius 3 is 2.75 bits per heavy atom. The summed E-state index contributed by atoms with van der Waals surface area (Å²) in [5.41, 5.74) is 0.0285. The standard InChI is InChI=1S/C14H15FN4O3S2/c1-2-12-17-18-14(23-12)16-13(20)8-3-6-10(15)11(7-8)24(21,22)19-9-4-5-9/h3,6-7,9,19H,2,4-5H2,1H3,(H,16,18,20). The number of nitrogens with one attached hydrogen (secondary N) is 2. The maximum atomic E-state index is 13.9. The van der Waals surface area contributed by atoms with E-state index >= 15 is 0 Å². The Bertz CT molecular complexity index is 878. The third-order valence-electron chi connectivity index (χ3n) is 3.37. The second-order valence-electron chi connectivity index (χ2n) is 5.35. The van der Waals surface area contributed by atoms with Crippen molar-refractivity contribution in [2.45, 2.75) is 37.1 Å². The lowest BCUT2D eigenvalue weighted by Gasteiger charge is -2.08. The number of rotatable bonds is 6. The molecule has 0 unspecified atom stereocenters. The van der Waals surface area contributed by atoms with Crippen LogP contribution >= 0.6 is 11.3 Å². The van der Waals surface area contributed by atoms with Crippen molar-refractivity contribution in [2.75, 3.05) is 5.32 Å². The number of amides is 1. The first-order valence-corrected chi connectivity index (χ1v) is 9.64. The number of aryl methyl sites for hydroxylation is 1. The van der Waals surface area contributed by atoms with Crippen molar-refractivity contribution < 1.29 is 17.6 Å². The molecule has 0 bridgehead atoms. The first-order valence-electron chi connectivity index (χ1n) is 7.34. The summed E-state index contributed by atoms with van der Waals surface area (Å²) in [5, 5.41) is 11.3. The Hall–Kier alpha value is -1.91. The quantitative estimate of drug-likeness (QED) is 0.809. The van der Waals surface area contributed by atoms with E-state index in [9.17, 15) is 17.6 Å².